The molecule has 0 aliphatic carbocycles. The van der Waals surface area contributed by atoms with Gasteiger partial charge in [-0.2, -0.15) is 0 Å². The van der Waals surface area contributed by atoms with E-state index in [1.165, 1.54) is 7.11 Å². The van der Waals surface area contributed by atoms with E-state index < -0.39 is 5.97 Å². The molecule has 194 valence electrons. The number of piperazine rings is 1. The van der Waals surface area contributed by atoms with Crippen molar-refractivity contribution in [2.45, 2.75) is 12.7 Å². The van der Waals surface area contributed by atoms with Crippen molar-refractivity contribution < 1.29 is 23.8 Å². The summed E-state index contributed by atoms with van der Waals surface area (Å²) in [6, 6.07) is 22.2. The number of methoxy groups -OCH3 is 2. The minimum absolute atomic E-state index is 0.0420. The van der Waals surface area contributed by atoms with Crippen LogP contribution in [0.1, 0.15) is 37.9 Å². The van der Waals surface area contributed by atoms with E-state index >= 15 is 0 Å². The van der Waals surface area contributed by atoms with E-state index in [4.69, 9.17) is 25.8 Å². The number of amides is 1. The van der Waals surface area contributed by atoms with Gasteiger partial charge in [0, 0.05) is 43.3 Å². The summed E-state index contributed by atoms with van der Waals surface area (Å²) in [5.41, 5.74) is 3.07. The predicted molar refractivity (Wildman–Crippen MR) is 142 cm³/mol. The molecule has 1 fully saturated rings. The number of halogens is 1. The van der Waals surface area contributed by atoms with E-state index in [0.717, 1.165) is 30.0 Å². The summed E-state index contributed by atoms with van der Waals surface area (Å²) in [6.45, 7) is 3.84. The van der Waals surface area contributed by atoms with Crippen LogP contribution >= 0.6 is 11.6 Å². The number of hydrogen-bond donors (Lipinski definition) is 0. The highest BCUT2D eigenvalue weighted by molar-refractivity contribution is 6.30. The summed E-state index contributed by atoms with van der Waals surface area (Å²) in [7, 11) is 2.99. The third kappa shape index (κ3) is 7.10. The molecule has 7 nitrogen and oxygen atoms in total. The van der Waals surface area contributed by atoms with Gasteiger partial charge in [-0.15, -0.1) is 0 Å². The molecule has 8 heteroatoms. The maximum absolute atomic E-state index is 13.0. The number of esters is 1. The second-order valence-corrected chi connectivity index (χ2v) is 9.30. The quantitative estimate of drug-likeness (QED) is 0.374. The monoisotopic (exact) mass is 522 g/mol. The summed E-state index contributed by atoms with van der Waals surface area (Å²) in [6.07, 6.45) is -0.156. The number of hydrogen-bond acceptors (Lipinski definition) is 6. The Balaban J connectivity index is 1.37. The fourth-order valence-electron chi connectivity index (χ4n) is 4.31. The van der Waals surface area contributed by atoms with Gasteiger partial charge < -0.3 is 19.1 Å². The largest absolute Gasteiger partial charge is 0.497 e. The van der Waals surface area contributed by atoms with Crippen molar-refractivity contribution in [1.82, 2.24) is 9.80 Å². The van der Waals surface area contributed by atoms with E-state index in [-0.39, 0.29) is 12.0 Å². The summed E-state index contributed by atoms with van der Waals surface area (Å²) >= 11 is 6.12. The fourth-order valence-corrected chi connectivity index (χ4v) is 4.43. The average Bonchev–Trinajstić information content (AvgIpc) is 2.95. The molecule has 1 aliphatic rings. The van der Waals surface area contributed by atoms with E-state index in [0.29, 0.717) is 42.4 Å². The first kappa shape index (κ1) is 26.7. The molecule has 37 heavy (non-hydrogen) atoms. The second kappa shape index (κ2) is 12.7. The van der Waals surface area contributed by atoms with Crippen LogP contribution < -0.4 is 4.74 Å². The normalized spacial score (nSPS) is 14.7. The summed E-state index contributed by atoms with van der Waals surface area (Å²) in [5.74, 6) is 0.334. The molecule has 1 saturated heterocycles. The first-order chi connectivity index (χ1) is 18.0. The van der Waals surface area contributed by atoms with Gasteiger partial charge >= 0.3 is 5.97 Å². The van der Waals surface area contributed by atoms with Crippen molar-refractivity contribution in [2.24, 2.45) is 0 Å². The van der Waals surface area contributed by atoms with Crippen molar-refractivity contribution >= 4 is 23.5 Å². The molecule has 0 radical (unpaired) electrons. The molecule has 3 aromatic carbocycles. The summed E-state index contributed by atoms with van der Waals surface area (Å²) in [4.78, 5) is 28.8. The van der Waals surface area contributed by atoms with Crippen molar-refractivity contribution in [3.05, 3.63) is 100 Å². The number of nitrogens with zero attached hydrogens (tertiary/aromatic N) is 2. The van der Waals surface area contributed by atoms with Gasteiger partial charge in [0.1, 0.15) is 5.75 Å². The smallest absolute Gasteiger partial charge is 0.337 e. The van der Waals surface area contributed by atoms with Crippen LogP contribution in [-0.4, -0.2) is 68.6 Å². The molecule has 0 unspecified atom stereocenters. The lowest BCUT2D eigenvalue weighted by atomic mass is 10.1. The highest BCUT2D eigenvalue weighted by Gasteiger charge is 2.25. The fraction of sp³-hybridized carbons (Fsp3) is 0.310. The Morgan fingerprint density at radius 2 is 1.57 bits per heavy atom. The van der Waals surface area contributed by atoms with Gasteiger partial charge in [0.15, 0.2) is 0 Å². The second-order valence-electron chi connectivity index (χ2n) is 8.86. The lowest BCUT2D eigenvalue weighted by Crippen LogP contribution is -2.49. The SMILES string of the molecule is COC(=O)c1ccc(C(=O)N2CCN(C[C@H](OCc3cccc(OC)c3)c3ccc(Cl)cc3)CC2)cc1. The number of benzene rings is 3. The Morgan fingerprint density at radius 1 is 0.892 bits per heavy atom. The topological polar surface area (TPSA) is 68.3 Å². The molecule has 0 bridgehead atoms. The van der Waals surface area contributed by atoms with Crippen LogP contribution in [0, 0.1) is 0 Å². The molecule has 4 rings (SSSR count). The third-order valence-corrected chi connectivity index (χ3v) is 6.72. The van der Waals surface area contributed by atoms with Crippen LogP contribution in [0.5, 0.6) is 5.75 Å². The summed E-state index contributed by atoms with van der Waals surface area (Å²) < 4.78 is 16.4. The number of carbonyl (C=O) groups is 2. The molecule has 1 amide bonds. The first-order valence-electron chi connectivity index (χ1n) is 12.2. The molecule has 1 heterocycles. The van der Waals surface area contributed by atoms with Crippen molar-refractivity contribution in [3.8, 4) is 5.75 Å². The highest BCUT2D eigenvalue weighted by Crippen LogP contribution is 2.24. The molecule has 1 atom stereocenters. The molecule has 0 saturated carbocycles. The van der Waals surface area contributed by atoms with E-state index in [2.05, 4.69) is 4.90 Å². The number of ether oxygens (including phenoxy) is 3. The van der Waals surface area contributed by atoms with Gasteiger partial charge in [-0.3, -0.25) is 9.69 Å². The zero-order valence-corrected chi connectivity index (χ0v) is 21.8. The lowest BCUT2D eigenvalue weighted by Gasteiger charge is -2.36. The molecule has 0 spiro atoms. The van der Waals surface area contributed by atoms with Crippen LogP contribution in [0.2, 0.25) is 5.02 Å². The maximum atomic E-state index is 13.0. The van der Waals surface area contributed by atoms with Crippen molar-refractivity contribution in [3.63, 3.8) is 0 Å². The van der Waals surface area contributed by atoms with E-state index in [1.54, 1.807) is 31.4 Å². The van der Waals surface area contributed by atoms with Gasteiger partial charge in [0.05, 0.1) is 32.5 Å². The van der Waals surface area contributed by atoms with Gasteiger partial charge in [0.25, 0.3) is 5.91 Å². The van der Waals surface area contributed by atoms with Crippen LogP contribution in [0.4, 0.5) is 0 Å². The lowest BCUT2D eigenvalue weighted by molar-refractivity contribution is 0.00337. The zero-order valence-electron chi connectivity index (χ0n) is 21.1. The van der Waals surface area contributed by atoms with Crippen LogP contribution in [0.15, 0.2) is 72.8 Å². The molecule has 1 aliphatic heterocycles. The van der Waals surface area contributed by atoms with Crippen molar-refractivity contribution in [2.75, 3.05) is 46.9 Å². The Hall–Kier alpha value is -3.39. The van der Waals surface area contributed by atoms with Gasteiger partial charge in [-0.05, 0) is 59.7 Å². The van der Waals surface area contributed by atoms with E-state index in [9.17, 15) is 9.59 Å². The number of rotatable bonds is 9. The van der Waals surface area contributed by atoms with Crippen LogP contribution in [0.3, 0.4) is 0 Å². The molecule has 0 N–H and O–H groups in total. The predicted octanol–water partition coefficient (Wildman–Crippen LogP) is 4.85. The Morgan fingerprint density at radius 3 is 2.22 bits per heavy atom. The first-order valence-corrected chi connectivity index (χ1v) is 12.5. The molecule has 3 aromatic rings. The minimum atomic E-state index is -0.420. The highest BCUT2D eigenvalue weighted by atomic mass is 35.5. The zero-order chi connectivity index (χ0) is 26.2. The Labute approximate surface area is 222 Å². The molecular formula is C29H31ClN2O5. The van der Waals surface area contributed by atoms with Gasteiger partial charge in [-0.1, -0.05) is 35.9 Å². The maximum Gasteiger partial charge on any atom is 0.337 e. The third-order valence-electron chi connectivity index (χ3n) is 6.46. The van der Waals surface area contributed by atoms with E-state index in [1.807, 2.05) is 53.4 Å². The van der Waals surface area contributed by atoms with Gasteiger partial charge in [-0.25, -0.2) is 4.79 Å². The molecule has 0 aromatic heterocycles. The minimum Gasteiger partial charge on any atom is -0.497 e. The average molecular weight is 523 g/mol. The van der Waals surface area contributed by atoms with Crippen molar-refractivity contribution in [1.29, 1.82) is 0 Å². The standard InChI is InChI=1S/C29H31ClN2O5/c1-35-26-5-3-4-21(18-26)20-37-27(22-10-12-25(30)13-11-22)19-31-14-16-32(17-15-31)28(33)23-6-8-24(9-7-23)29(34)36-2/h3-13,18,27H,14-17,19-20H2,1-2H3/t27-/m0/s1. The Kier molecular flexibility index (Phi) is 9.17. The Bertz CT molecular complexity index is 1190. The van der Waals surface area contributed by atoms with Crippen LogP contribution in [0.25, 0.3) is 0 Å². The molecular weight excluding hydrogens is 492 g/mol. The number of carbonyl (C=O) groups excluding carboxylic acids is 2. The van der Waals surface area contributed by atoms with Crippen LogP contribution in [-0.2, 0) is 16.1 Å². The van der Waals surface area contributed by atoms with Gasteiger partial charge in [0.2, 0.25) is 0 Å². The summed E-state index contributed by atoms with van der Waals surface area (Å²) in [5, 5.41) is 0.682.